The normalized spacial score (nSPS) is 12.9. The van der Waals surface area contributed by atoms with Crippen LogP contribution in [-0.4, -0.2) is 32.4 Å². The van der Waals surface area contributed by atoms with Gasteiger partial charge < -0.3 is 10.1 Å². The number of sulfonamides is 1. The van der Waals surface area contributed by atoms with Gasteiger partial charge in [0.1, 0.15) is 5.75 Å². The lowest BCUT2D eigenvalue weighted by molar-refractivity contribution is 0.340. The Labute approximate surface area is 163 Å². The van der Waals surface area contributed by atoms with E-state index in [1.165, 1.54) is 9.87 Å². The molecule has 0 saturated carbocycles. The van der Waals surface area contributed by atoms with Crippen LogP contribution in [0.15, 0.2) is 53.4 Å². The molecule has 0 fully saturated rings. The minimum Gasteiger partial charge on any atom is -0.494 e. The number of hydrogen-bond acceptors (Lipinski definition) is 4. The first-order chi connectivity index (χ1) is 12.9. The maximum Gasteiger partial charge on any atom is 0.243 e. The number of nitrogens with one attached hydrogen (secondary N) is 1. The zero-order chi connectivity index (χ0) is 19.9. The van der Waals surface area contributed by atoms with Gasteiger partial charge in [-0.1, -0.05) is 38.1 Å². The van der Waals surface area contributed by atoms with E-state index in [4.69, 9.17) is 4.74 Å². The zero-order valence-corrected chi connectivity index (χ0v) is 17.4. The Morgan fingerprint density at radius 3 is 2.07 bits per heavy atom. The summed E-state index contributed by atoms with van der Waals surface area (Å²) in [5.74, 6) is 0.874. The van der Waals surface area contributed by atoms with Crippen LogP contribution in [0.5, 0.6) is 5.75 Å². The van der Waals surface area contributed by atoms with Crippen LogP contribution in [0, 0.1) is 0 Å². The average Bonchev–Trinajstić information content (AvgIpc) is 2.68. The summed E-state index contributed by atoms with van der Waals surface area (Å²) >= 11 is 0. The third-order valence-electron chi connectivity index (χ3n) is 4.57. The van der Waals surface area contributed by atoms with Gasteiger partial charge in [0, 0.05) is 25.7 Å². The molecule has 148 valence electrons. The molecule has 0 heterocycles. The molecule has 5 nitrogen and oxygen atoms in total. The molecule has 0 aliphatic rings. The van der Waals surface area contributed by atoms with Crippen LogP contribution in [0.3, 0.4) is 0 Å². The molecule has 1 unspecified atom stereocenters. The smallest absolute Gasteiger partial charge is 0.243 e. The summed E-state index contributed by atoms with van der Waals surface area (Å²) in [6.07, 6.45) is 0. The van der Waals surface area contributed by atoms with E-state index < -0.39 is 10.0 Å². The van der Waals surface area contributed by atoms with Crippen molar-refractivity contribution in [2.45, 2.75) is 45.2 Å². The summed E-state index contributed by atoms with van der Waals surface area (Å²) in [7, 11) is -3.41. The number of rotatable bonds is 10. The van der Waals surface area contributed by atoms with Gasteiger partial charge in [0.25, 0.3) is 0 Å². The van der Waals surface area contributed by atoms with Crippen molar-refractivity contribution in [3.8, 4) is 5.75 Å². The largest absolute Gasteiger partial charge is 0.494 e. The van der Waals surface area contributed by atoms with E-state index in [1.54, 1.807) is 12.1 Å². The van der Waals surface area contributed by atoms with E-state index in [2.05, 4.69) is 12.2 Å². The lowest BCUT2D eigenvalue weighted by Gasteiger charge is -2.19. The topological polar surface area (TPSA) is 58.6 Å². The first kappa shape index (κ1) is 21.4. The van der Waals surface area contributed by atoms with Gasteiger partial charge in [-0.15, -0.1) is 0 Å². The van der Waals surface area contributed by atoms with Crippen LogP contribution in [0.2, 0.25) is 0 Å². The summed E-state index contributed by atoms with van der Waals surface area (Å²) < 4.78 is 32.0. The maximum absolute atomic E-state index is 12.6. The first-order valence-corrected chi connectivity index (χ1v) is 10.9. The Morgan fingerprint density at radius 2 is 1.56 bits per heavy atom. The minimum absolute atomic E-state index is 0.113. The lowest BCUT2D eigenvalue weighted by Crippen LogP contribution is -2.30. The number of benzene rings is 2. The highest BCUT2D eigenvalue weighted by Gasteiger charge is 2.21. The molecule has 0 spiro atoms. The van der Waals surface area contributed by atoms with Crippen LogP contribution >= 0.6 is 0 Å². The summed E-state index contributed by atoms with van der Waals surface area (Å²) in [6.45, 7) is 10.1. The predicted molar refractivity (Wildman–Crippen MR) is 109 cm³/mol. The molecular formula is C21H30N2O3S. The van der Waals surface area contributed by atoms with Crippen molar-refractivity contribution in [3.05, 3.63) is 59.7 Å². The molecule has 0 aromatic heterocycles. The molecular weight excluding hydrogens is 360 g/mol. The fourth-order valence-corrected chi connectivity index (χ4v) is 4.36. The van der Waals surface area contributed by atoms with Gasteiger partial charge in [-0.3, -0.25) is 0 Å². The van der Waals surface area contributed by atoms with Crippen molar-refractivity contribution in [2.24, 2.45) is 0 Å². The van der Waals surface area contributed by atoms with Gasteiger partial charge in [-0.25, -0.2) is 8.42 Å². The lowest BCUT2D eigenvalue weighted by atomic mass is 10.1. The van der Waals surface area contributed by atoms with Gasteiger partial charge in [0.2, 0.25) is 10.0 Å². The van der Waals surface area contributed by atoms with Crippen LogP contribution in [-0.2, 0) is 16.6 Å². The van der Waals surface area contributed by atoms with Crippen molar-refractivity contribution in [1.29, 1.82) is 0 Å². The monoisotopic (exact) mass is 390 g/mol. The van der Waals surface area contributed by atoms with E-state index in [-0.39, 0.29) is 6.04 Å². The Bertz CT molecular complexity index is 798. The van der Waals surface area contributed by atoms with Crippen molar-refractivity contribution < 1.29 is 13.2 Å². The molecule has 1 atom stereocenters. The van der Waals surface area contributed by atoms with E-state index in [0.29, 0.717) is 24.6 Å². The molecule has 1 N–H and O–H groups in total. The Balaban J connectivity index is 2.00. The average molecular weight is 391 g/mol. The zero-order valence-electron chi connectivity index (χ0n) is 16.6. The van der Waals surface area contributed by atoms with Crippen LogP contribution in [0.25, 0.3) is 0 Å². The molecule has 0 aliphatic heterocycles. The van der Waals surface area contributed by atoms with E-state index in [9.17, 15) is 8.42 Å². The second-order valence-electron chi connectivity index (χ2n) is 6.34. The number of nitrogens with zero attached hydrogens (tertiary/aromatic N) is 1. The molecule has 27 heavy (non-hydrogen) atoms. The van der Waals surface area contributed by atoms with Gasteiger partial charge in [0.05, 0.1) is 11.5 Å². The summed E-state index contributed by atoms with van der Waals surface area (Å²) in [5.41, 5.74) is 2.23. The third kappa shape index (κ3) is 5.54. The summed E-state index contributed by atoms with van der Waals surface area (Å²) in [5, 5.41) is 3.47. The van der Waals surface area contributed by atoms with Gasteiger partial charge >= 0.3 is 0 Å². The van der Waals surface area contributed by atoms with E-state index in [1.807, 2.05) is 57.2 Å². The Kier molecular flexibility index (Phi) is 7.83. The molecule has 2 rings (SSSR count). The SMILES string of the molecule is CCOc1ccc(CNC(C)c2ccc(S(=O)(=O)N(CC)CC)cc2)cc1. The van der Waals surface area contributed by atoms with Crippen molar-refractivity contribution >= 4 is 10.0 Å². The molecule has 0 amide bonds. The molecule has 2 aromatic carbocycles. The van der Waals surface area contributed by atoms with E-state index in [0.717, 1.165) is 17.9 Å². The highest BCUT2D eigenvalue weighted by atomic mass is 32.2. The van der Waals surface area contributed by atoms with Gasteiger partial charge in [-0.05, 0) is 49.2 Å². The number of hydrogen-bond donors (Lipinski definition) is 1. The van der Waals surface area contributed by atoms with Crippen molar-refractivity contribution in [2.75, 3.05) is 19.7 Å². The van der Waals surface area contributed by atoms with Crippen molar-refractivity contribution in [1.82, 2.24) is 9.62 Å². The summed E-state index contributed by atoms with van der Waals surface area (Å²) in [6, 6.07) is 15.3. The van der Waals surface area contributed by atoms with Crippen LogP contribution in [0.4, 0.5) is 0 Å². The van der Waals surface area contributed by atoms with Crippen molar-refractivity contribution in [3.63, 3.8) is 0 Å². The summed E-state index contributed by atoms with van der Waals surface area (Å²) in [4.78, 5) is 0.341. The second kappa shape index (κ2) is 9.88. The molecule has 6 heteroatoms. The standard InChI is InChI=1S/C21H30N2O3S/c1-5-23(6-2)27(24,25)21-14-10-19(11-15-21)17(4)22-16-18-8-12-20(13-9-18)26-7-3/h8-15,17,22H,5-7,16H2,1-4H3. The quantitative estimate of drug-likeness (QED) is 0.667. The fourth-order valence-electron chi connectivity index (χ4n) is 2.90. The molecule has 0 radical (unpaired) electrons. The molecule has 0 aliphatic carbocycles. The third-order valence-corrected chi connectivity index (χ3v) is 6.63. The Hall–Kier alpha value is -1.89. The molecule has 0 bridgehead atoms. The highest BCUT2D eigenvalue weighted by Crippen LogP contribution is 2.20. The van der Waals surface area contributed by atoms with Crippen LogP contribution < -0.4 is 10.1 Å². The fraction of sp³-hybridized carbons (Fsp3) is 0.429. The minimum atomic E-state index is -3.41. The first-order valence-electron chi connectivity index (χ1n) is 9.47. The Morgan fingerprint density at radius 1 is 0.963 bits per heavy atom. The van der Waals surface area contributed by atoms with E-state index >= 15 is 0 Å². The van der Waals surface area contributed by atoms with Gasteiger partial charge in [0.15, 0.2) is 0 Å². The maximum atomic E-state index is 12.6. The van der Waals surface area contributed by atoms with Gasteiger partial charge in [-0.2, -0.15) is 4.31 Å². The molecule has 0 saturated heterocycles. The number of ether oxygens (including phenoxy) is 1. The van der Waals surface area contributed by atoms with Crippen LogP contribution in [0.1, 0.15) is 44.9 Å². The predicted octanol–water partition coefficient (Wildman–Crippen LogP) is 3.97. The highest BCUT2D eigenvalue weighted by molar-refractivity contribution is 7.89. The molecule has 2 aromatic rings. The second-order valence-corrected chi connectivity index (χ2v) is 8.28.